The van der Waals surface area contributed by atoms with Gasteiger partial charge in [-0.15, -0.1) is 0 Å². The van der Waals surface area contributed by atoms with Crippen LogP contribution in [-0.4, -0.2) is 49.2 Å². The number of nitrogens with one attached hydrogen (secondary N) is 2. The first-order valence-corrected chi connectivity index (χ1v) is 11.5. The average Bonchev–Trinajstić information content (AvgIpc) is 3.46. The highest BCUT2D eigenvalue weighted by atomic mass is 35.5. The lowest BCUT2D eigenvalue weighted by atomic mass is 10.1. The summed E-state index contributed by atoms with van der Waals surface area (Å²) in [6.07, 6.45) is 2.68. The number of aromatic amines is 1. The van der Waals surface area contributed by atoms with Crippen LogP contribution in [0.2, 0.25) is 10.0 Å². The van der Waals surface area contributed by atoms with E-state index in [9.17, 15) is 9.59 Å². The Hall–Kier alpha value is -3.43. The Labute approximate surface area is 204 Å². The molecule has 34 heavy (non-hydrogen) atoms. The third kappa shape index (κ3) is 4.01. The van der Waals surface area contributed by atoms with E-state index in [0.29, 0.717) is 47.0 Å². The van der Waals surface area contributed by atoms with Crippen LogP contribution in [0.5, 0.6) is 0 Å². The maximum atomic E-state index is 13.1. The molecule has 0 aliphatic carbocycles. The molecule has 174 valence electrons. The van der Waals surface area contributed by atoms with Gasteiger partial charge in [-0.1, -0.05) is 23.2 Å². The number of amides is 2. The molecular weight excluding hydrogens is 477 g/mol. The van der Waals surface area contributed by atoms with Crippen LogP contribution in [0.4, 0.5) is 5.82 Å². The van der Waals surface area contributed by atoms with Crippen LogP contribution in [0.15, 0.2) is 36.7 Å². The summed E-state index contributed by atoms with van der Waals surface area (Å²) in [6, 6.07) is 7.92. The Morgan fingerprint density at radius 3 is 2.82 bits per heavy atom. The van der Waals surface area contributed by atoms with E-state index >= 15 is 0 Å². The molecule has 11 heteroatoms. The summed E-state index contributed by atoms with van der Waals surface area (Å²) in [5, 5.41) is 4.85. The van der Waals surface area contributed by atoms with E-state index in [2.05, 4.69) is 25.3 Å². The quantitative estimate of drug-likeness (QED) is 0.380. The number of primary amides is 1. The third-order valence-corrected chi connectivity index (χ3v) is 6.57. The van der Waals surface area contributed by atoms with E-state index in [1.807, 2.05) is 13.0 Å². The minimum atomic E-state index is -0.624. The molecular formula is C23H21Cl2N7O2. The molecule has 3 heterocycles. The summed E-state index contributed by atoms with van der Waals surface area (Å²) < 4.78 is 0. The van der Waals surface area contributed by atoms with Gasteiger partial charge < -0.3 is 20.9 Å². The first-order valence-electron chi connectivity index (χ1n) is 10.8. The van der Waals surface area contributed by atoms with Gasteiger partial charge in [0.1, 0.15) is 24.0 Å². The van der Waals surface area contributed by atoms with E-state index in [-0.39, 0.29) is 22.5 Å². The Kier molecular flexibility index (Phi) is 5.75. The molecule has 0 spiro atoms. The van der Waals surface area contributed by atoms with Crippen molar-refractivity contribution in [2.45, 2.75) is 31.8 Å². The first kappa shape index (κ1) is 22.4. The highest BCUT2D eigenvalue weighted by Gasteiger charge is 2.34. The second-order valence-corrected chi connectivity index (χ2v) is 9.12. The number of aromatic nitrogens is 4. The minimum absolute atomic E-state index is 0.217. The molecule has 2 aromatic heterocycles. The van der Waals surface area contributed by atoms with Crippen LogP contribution >= 0.6 is 23.2 Å². The van der Waals surface area contributed by atoms with Crippen LogP contribution in [0.25, 0.3) is 21.9 Å². The number of nitrogens with two attached hydrogens (primary N) is 1. The van der Waals surface area contributed by atoms with Gasteiger partial charge in [-0.25, -0.2) is 15.0 Å². The van der Waals surface area contributed by atoms with Gasteiger partial charge in [-0.3, -0.25) is 9.59 Å². The fourth-order valence-corrected chi connectivity index (χ4v) is 4.70. The van der Waals surface area contributed by atoms with Crippen molar-refractivity contribution in [1.82, 2.24) is 24.8 Å². The number of anilines is 1. The van der Waals surface area contributed by atoms with Gasteiger partial charge in [0.15, 0.2) is 0 Å². The molecule has 5 rings (SSSR count). The molecule has 1 aliphatic heterocycles. The Morgan fingerprint density at radius 2 is 2.03 bits per heavy atom. The zero-order valence-corrected chi connectivity index (χ0v) is 19.7. The predicted octanol–water partition coefficient (Wildman–Crippen LogP) is 4.08. The van der Waals surface area contributed by atoms with Gasteiger partial charge in [0.05, 0.1) is 33.2 Å². The molecule has 4 N–H and O–H groups in total. The molecule has 0 unspecified atom stereocenters. The van der Waals surface area contributed by atoms with Gasteiger partial charge in [0, 0.05) is 17.0 Å². The van der Waals surface area contributed by atoms with Crippen molar-refractivity contribution < 1.29 is 9.59 Å². The van der Waals surface area contributed by atoms with Crippen molar-refractivity contribution in [3.05, 3.63) is 58.1 Å². The summed E-state index contributed by atoms with van der Waals surface area (Å²) in [5.74, 6) is 0.413. The van der Waals surface area contributed by atoms with Crippen LogP contribution in [-0.2, 0) is 4.79 Å². The van der Waals surface area contributed by atoms with E-state index in [1.54, 1.807) is 24.3 Å². The lowest BCUT2D eigenvalue weighted by Gasteiger charge is -2.23. The molecule has 2 aromatic carbocycles. The summed E-state index contributed by atoms with van der Waals surface area (Å²) >= 11 is 12.6. The summed E-state index contributed by atoms with van der Waals surface area (Å²) in [6.45, 7) is 2.40. The number of hydrogen-bond acceptors (Lipinski definition) is 6. The molecule has 0 bridgehead atoms. The molecule has 2 atom stereocenters. The summed E-state index contributed by atoms with van der Waals surface area (Å²) in [5.41, 5.74) is 7.93. The largest absolute Gasteiger partial charge is 0.368 e. The SMILES string of the molecule is C[C@H](Nc1ncnc2cc(C(=O)N3CCC[C@@H]3C(N)=O)c(Cl)cc12)c1nc2cc(Cl)ccc2[nH]1. The number of H-pyrrole nitrogens is 1. The Balaban J connectivity index is 1.45. The number of fused-ring (bicyclic) bond motifs is 2. The number of halogens is 2. The maximum Gasteiger partial charge on any atom is 0.256 e. The van der Waals surface area contributed by atoms with E-state index in [4.69, 9.17) is 28.9 Å². The molecule has 2 amide bonds. The normalized spacial score (nSPS) is 16.8. The smallest absolute Gasteiger partial charge is 0.256 e. The van der Waals surface area contributed by atoms with Crippen LogP contribution in [0.1, 0.15) is 42.0 Å². The lowest BCUT2D eigenvalue weighted by molar-refractivity contribution is -0.121. The second kappa shape index (κ2) is 8.73. The zero-order chi connectivity index (χ0) is 24.0. The lowest BCUT2D eigenvalue weighted by Crippen LogP contribution is -2.43. The summed E-state index contributed by atoms with van der Waals surface area (Å²) in [4.78, 5) is 42.9. The predicted molar refractivity (Wildman–Crippen MR) is 131 cm³/mol. The number of rotatable bonds is 5. The van der Waals surface area contributed by atoms with Gasteiger partial charge in [0.2, 0.25) is 5.91 Å². The van der Waals surface area contributed by atoms with Crippen LogP contribution in [0, 0.1) is 0 Å². The molecule has 1 fully saturated rings. The average molecular weight is 498 g/mol. The topological polar surface area (TPSA) is 130 Å². The van der Waals surface area contributed by atoms with Crippen molar-refractivity contribution in [3.63, 3.8) is 0 Å². The Morgan fingerprint density at radius 1 is 1.21 bits per heavy atom. The van der Waals surface area contributed by atoms with Crippen LogP contribution in [0.3, 0.4) is 0 Å². The van der Waals surface area contributed by atoms with Gasteiger partial charge >= 0.3 is 0 Å². The minimum Gasteiger partial charge on any atom is -0.368 e. The molecule has 9 nitrogen and oxygen atoms in total. The number of nitrogens with zero attached hydrogens (tertiary/aromatic N) is 4. The highest BCUT2D eigenvalue weighted by Crippen LogP contribution is 2.31. The molecule has 1 aliphatic rings. The van der Waals surface area contributed by atoms with Gasteiger partial charge in [0.25, 0.3) is 5.91 Å². The van der Waals surface area contributed by atoms with Gasteiger partial charge in [-0.2, -0.15) is 0 Å². The summed E-state index contributed by atoms with van der Waals surface area (Å²) in [7, 11) is 0. The van der Waals surface area contributed by atoms with Crippen molar-refractivity contribution in [3.8, 4) is 0 Å². The standard InChI is InChI=1S/C23H21Cl2N7O2/c1-11(21-30-16-5-4-12(24)7-18(16)31-21)29-22-14-8-15(25)13(9-17(14)27-10-28-22)23(34)32-6-2-3-19(32)20(26)33/h4-5,7-11,19H,2-3,6H2,1H3,(H2,26,33)(H,30,31)(H,27,28,29)/t11-,19+/m0/s1. The zero-order valence-electron chi connectivity index (χ0n) is 18.2. The first-order chi connectivity index (χ1) is 16.3. The fourth-order valence-electron chi connectivity index (χ4n) is 4.29. The molecule has 1 saturated heterocycles. The molecule has 0 radical (unpaired) electrons. The monoisotopic (exact) mass is 497 g/mol. The maximum absolute atomic E-state index is 13.1. The van der Waals surface area contributed by atoms with Crippen molar-refractivity contribution in [2.75, 3.05) is 11.9 Å². The number of carbonyl (C=O) groups excluding carboxylic acids is 2. The molecule has 4 aromatic rings. The van der Waals surface area contributed by atoms with Crippen molar-refractivity contribution in [2.24, 2.45) is 5.73 Å². The number of benzene rings is 2. The van der Waals surface area contributed by atoms with E-state index < -0.39 is 11.9 Å². The highest BCUT2D eigenvalue weighted by molar-refractivity contribution is 6.35. The number of likely N-dealkylation sites (tertiary alicyclic amines) is 1. The van der Waals surface area contributed by atoms with E-state index in [0.717, 1.165) is 11.0 Å². The van der Waals surface area contributed by atoms with Crippen molar-refractivity contribution in [1.29, 1.82) is 0 Å². The molecule has 0 saturated carbocycles. The third-order valence-electron chi connectivity index (χ3n) is 6.02. The number of carbonyl (C=O) groups is 2. The number of imidazole rings is 1. The Bertz CT molecular complexity index is 1440. The number of hydrogen-bond donors (Lipinski definition) is 3. The van der Waals surface area contributed by atoms with E-state index in [1.165, 1.54) is 11.2 Å². The van der Waals surface area contributed by atoms with Crippen LogP contribution < -0.4 is 11.1 Å². The van der Waals surface area contributed by atoms with Gasteiger partial charge in [-0.05, 0) is 50.1 Å². The van der Waals surface area contributed by atoms with Crippen molar-refractivity contribution >= 4 is 62.8 Å². The second-order valence-electron chi connectivity index (χ2n) is 8.28. The fraction of sp³-hybridized carbons (Fsp3) is 0.261.